The number of carbonyl (C=O) groups excluding carboxylic acids is 1. The molecular weight excluding hydrogens is 415 g/mol. The lowest BCUT2D eigenvalue weighted by molar-refractivity contribution is -0.131. The summed E-state index contributed by atoms with van der Waals surface area (Å²) in [5.74, 6) is 1.67. The van der Waals surface area contributed by atoms with Crippen molar-refractivity contribution in [3.63, 3.8) is 0 Å². The number of imidazole rings is 1. The van der Waals surface area contributed by atoms with Crippen LogP contribution in [0.15, 0.2) is 66.9 Å². The predicted octanol–water partition coefficient (Wildman–Crippen LogP) is 5.16. The monoisotopic (exact) mass is 440 g/mol. The van der Waals surface area contributed by atoms with E-state index in [2.05, 4.69) is 32.7 Å². The fourth-order valence-corrected chi connectivity index (χ4v) is 4.85. The first kappa shape index (κ1) is 20.1. The summed E-state index contributed by atoms with van der Waals surface area (Å²) in [7, 11) is 0. The summed E-state index contributed by atoms with van der Waals surface area (Å²) >= 11 is 0. The van der Waals surface area contributed by atoms with Crippen LogP contribution >= 0.6 is 0 Å². The van der Waals surface area contributed by atoms with Gasteiger partial charge in [-0.2, -0.15) is 0 Å². The molecule has 1 aliphatic carbocycles. The lowest BCUT2D eigenvalue weighted by Crippen LogP contribution is -2.30. The number of amides is 1. The Kier molecular flexibility index (Phi) is 4.93. The minimum Gasteiger partial charge on any atom is -0.342 e. The van der Waals surface area contributed by atoms with Crippen molar-refractivity contribution in [2.75, 3.05) is 13.1 Å². The Morgan fingerprint density at radius 2 is 1.64 bits per heavy atom. The zero-order chi connectivity index (χ0) is 22.4. The lowest BCUT2D eigenvalue weighted by atomic mass is 10.0. The standard InChI is InChI=1S/C27H25FN4O/c28-23-11-9-20(10-12-23)19-3-5-21(6-4-19)26-30-25-24(2-1-14-29-25)32(26)17-18-13-15-31(16-18)27(33)22-7-8-22/h1-6,9-12,14,18,22H,7-8,13,15-17H2. The van der Waals surface area contributed by atoms with Crippen molar-refractivity contribution in [2.45, 2.75) is 25.8 Å². The highest BCUT2D eigenvalue weighted by atomic mass is 19.1. The van der Waals surface area contributed by atoms with Crippen LogP contribution in [0.2, 0.25) is 0 Å². The van der Waals surface area contributed by atoms with E-state index in [1.807, 2.05) is 18.2 Å². The average Bonchev–Trinajstić information content (AvgIpc) is 3.49. The van der Waals surface area contributed by atoms with Gasteiger partial charge >= 0.3 is 0 Å². The highest BCUT2D eigenvalue weighted by Gasteiger charge is 2.36. The minimum absolute atomic E-state index is 0.235. The largest absolute Gasteiger partial charge is 0.342 e. The van der Waals surface area contributed by atoms with Crippen LogP contribution in [0.5, 0.6) is 0 Å². The second-order valence-corrected chi connectivity index (χ2v) is 9.19. The van der Waals surface area contributed by atoms with Crippen LogP contribution in [0.1, 0.15) is 19.3 Å². The molecular formula is C27H25FN4O. The molecule has 6 heteroatoms. The van der Waals surface area contributed by atoms with Gasteiger partial charge in [-0.05, 0) is 60.6 Å². The normalized spacial score (nSPS) is 18.2. The van der Waals surface area contributed by atoms with Crippen molar-refractivity contribution in [3.05, 3.63) is 72.7 Å². The van der Waals surface area contributed by atoms with Gasteiger partial charge < -0.3 is 9.47 Å². The van der Waals surface area contributed by atoms with Crippen molar-refractivity contribution in [3.8, 4) is 22.5 Å². The molecule has 2 aromatic heterocycles. The molecule has 0 spiro atoms. The summed E-state index contributed by atoms with van der Waals surface area (Å²) in [5, 5.41) is 0. The van der Waals surface area contributed by atoms with Crippen molar-refractivity contribution in [1.29, 1.82) is 0 Å². The third kappa shape index (κ3) is 3.90. The maximum Gasteiger partial charge on any atom is 0.225 e. The zero-order valence-electron chi connectivity index (χ0n) is 18.3. The van der Waals surface area contributed by atoms with Crippen molar-refractivity contribution < 1.29 is 9.18 Å². The van der Waals surface area contributed by atoms with E-state index in [0.717, 1.165) is 72.6 Å². The molecule has 1 saturated heterocycles. The third-order valence-corrected chi connectivity index (χ3v) is 6.81. The number of fused-ring (bicyclic) bond motifs is 1. The first-order valence-corrected chi connectivity index (χ1v) is 11.6. The van der Waals surface area contributed by atoms with Gasteiger partial charge in [-0.3, -0.25) is 4.79 Å². The first-order chi connectivity index (χ1) is 16.2. The fraction of sp³-hybridized carbons (Fsp3) is 0.296. The van der Waals surface area contributed by atoms with E-state index >= 15 is 0 Å². The number of pyridine rings is 1. The van der Waals surface area contributed by atoms with Crippen LogP contribution in [0, 0.1) is 17.7 Å². The number of halogens is 1. The number of benzene rings is 2. The number of carbonyl (C=O) groups is 1. The SMILES string of the molecule is O=C(C1CC1)N1CCC(Cn2c(-c3ccc(-c4ccc(F)cc4)cc3)nc3ncccc32)C1. The number of hydrogen-bond donors (Lipinski definition) is 0. The third-order valence-electron chi connectivity index (χ3n) is 6.81. The van der Waals surface area contributed by atoms with E-state index < -0.39 is 0 Å². The average molecular weight is 441 g/mol. The Morgan fingerprint density at radius 1 is 0.939 bits per heavy atom. The molecule has 1 amide bonds. The van der Waals surface area contributed by atoms with Crippen molar-refractivity contribution in [1.82, 2.24) is 19.4 Å². The number of likely N-dealkylation sites (tertiary alicyclic amines) is 1. The van der Waals surface area contributed by atoms with Gasteiger partial charge in [-0.25, -0.2) is 14.4 Å². The molecule has 0 bridgehead atoms. The molecule has 0 radical (unpaired) electrons. The summed E-state index contributed by atoms with van der Waals surface area (Å²) in [5.41, 5.74) is 4.78. The molecule has 6 rings (SSSR count). The molecule has 3 heterocycles. The summed E-state index contributed by atoms with van der Waals surface area (Å²) < 4.78 is 15.5. The van der Waals surface area contributed by atoms with E-state index in [1.54, 1.807) is 18.3 Å². The van der Waals surface area contributed by atoms with E-state index in [4.69, 9.17) is 4.98 Å². The van der Waals surface area contributed by atoms with E-state index in [-0.39, 0.29) is 11.7 Å². The number of rotatable bonds is 5. The van der Waals surface area contributed by atoms with E-state index in [0.29, 0.717) is 11.8 Å². The molecule has 1 aliphatic heterocycles. The summed E-state index contributed by atoms with van der Waals surface area (Å²) in [6.45, 7) is 2.48. The topological polar surface area (TPSA) is 51.0 Å². The number of aromatic nitrogens is 3. The van der Waals surface area contributed by atoms with Gasteiger partial charge in [-0.1, -0.05) is 36.4 Å². The summed E-state index contributed by atoms with van der Waals surface area (Å²) in [6.07, 6.45) is 4.89. The molecule has 5 nitrogen and oxygen atoms in total. The van der Waals surface area contributed by atoms with Crippen LogP contribution < -0.4 is 0 Å². The van der Waals surface area contributed by atoms with Crippen LogP contribution in [0.3, 0.4) is 0 Å². The Morgan fingerprint density at radius 3 is 2.36 bits per heavy atom. The maximum atomic E-state index is 13.3. The van der Waals surface area contributed by atoms with Crippen LogP contribution in [-0.2, 0) is 11.3 Å². The predicted molar refractivity (Wildman–Crippen MR) is 126 cm³/mol. The summed E-state index contributed by atoms with van der Waals surface area (Å²) in [4.78, 5) is 23.9. The van der Waals surface area contributed by atoms with Gasteiger partial charge in [0.1, 0.15) is 11.6 Å². The van der Waals surface area contributed by atoms with Gasteiger partial charge in [-0.15, -0.1) is 0 Å². The molecule has 166 valence electrons. The zero-order valence-corrected chi connectivity index (χ0v) is 18.3. The molecule has 0 N–H and O–H groups in total. The molecule has 33 heavy (non-hydrogen) atoms. The molecule has 1 saturated carbocycles. The van der Waals surface area contributed by atoms with Gasteiger partial charge in [0.25, 0.3) is 0 Å². The molecule has 2 aliphatic rings. The Hall–Kier alpha value is -3.54. The molecule has 1 unspecified atom stereocenters. The quantitative estimate of drug-likeness (QED) is 0.431. The molecule has 4 aromatic rings. The van der Waals surface area contributed by atoms with Crippen LogP contribution in [-0.4, -0.2) is 38.4 Å². The molecule has 1 atom stereocenters. The fourth-order valence-electron chi connectivity index (χ4n) is 4.85. The highest BCUT2D eigenvalue weighted by Crippen LogP contribution is 2.34. The second-order valence-electron chi connectivity index (χ2n) is 9.19. The summed E-state index contributed by atoms with van der Waals surface area (Å²) in [6, 6.07) is 18.8. The van der Waals surface area contributed by atoms with Crippen molar-refractivity contribution in [2.24, 2.45) is 11.8 Å². The first-order valence-electron chi connectivity index (χ1n) is 11.6. The van der Waals surface area contributed by atoms with Gasteiger partial charge in [0.05, 0.1) is 5.52 Å². The van der Waals surface area contributed by atoms with Crippen LogP contribution in [0.25, 0.3) is 33.7 Å². The Bertz CT molecular complexity index is 1310. The van der Waals surface area contributed by atoms with Gasteiger partial charge in [0.15, 0.2) is 5.65 Å². The van der Waals surface area contributed by atoms with Crippen molar-refractivity contribution >= 4 is 17.1 Å². The van der Waals surface area contributed by atoms with E-state index in [1.165, 1.54) is 12.1 Å². The highest BCUT2D eigenvalue weighted by molar-refractivity contribution is 5.81. The molecule has 2 fully saturated rings. The Labute approximate surface area is 191 Å². The minimum atomic E-state index is -0.235. The van der Waals surface area contributed by atoms with Crippen LogP contribution in [0.4, 0.5) is 4.39 Å². The second kappa shape index (κ2) is 8.10. The Balaban J connectivity index is 1.30. The number of hydrogen-bond acceptors (Lipinski definition) is 3. The molecule has 2 aromatic carbocycles. The van der Waals surface area contributed by atoms with E-state index in [9.17, 15) is 9.18 Å². The number of nitrogens with zero attached hydrogens (tertiary/aromatic N) is 4. The smallest absolute Gasteiger partial charge is 0.225 e. The van der Waals surface area contributed by atoms with Gasteiger partial charge in [0, 0.05) is 37.3 Å². The lowest BCUT2D eigenvalue weighted by Gasteiger charge is -2.17. The van der Waals surface area contributed by atoms with Gasteiger partial charge in [0.2, 0.25) is 5.91 Å². The maximum absolute atomic E-state index is 13.3.